The molecule has 1 heterocycles. The second-order valence-electron chi connectivity index (χ2n) is 10.1. The van der Waals surface area contributed by atoms with Crippen LogP contribution in [0.5, 0.6) is 0 Å². The summed E-state index contributed by atoms with van der Waals surface area (Å²) in [6, 6.07) is 10.00. The Balaban J connectivity index is 1.66. The molecule has 1 amide bonds. The smallest absolute Gasteiger partial charge is 0.337 e. The van der Waals surface area contributed by atoms with Gasteiger partial charge in [0.15, 0.2) is 11.8 Å². The van der Waals surface area contributed by atoms with E-state index in [-0.39, 0.29) is 30.9 Å². The molecule has 0 saturated carbocycles. The van der Waals surface area contributed by atoms with Gasteiger partial charge < -0.3 is 29.8 Å². The highest BCUT2D eigenvalue weighted by atomic mass is 35.5. The number of esters is 3. The van der Waals surface area contributed by atoms with Crippen molar-refractivity contribution in [1.82, 2.24) is 20.5 Å². The van der Waals surface area contributed by atoms with E-state index in [0.717, 1.165) is 6.20 Å². The van der Waals surface area contributed by atoms with E-state index in [2.05, 4.69) is 20.4 Å². The monoisotopic (exact) mass is 634 g/mol. The SMILES string of the molecule is COC(=O)C[C@H](C(=O)OCOC(=O)[C@H](O)C[C@@H](Cc1ccc(-c2cc(Cl)ccc2F)cc1)NC(=O)c1cn(O)nn1)C(C)C. The average Bonchev–Trinajstić information content (AvgIpc) is 3.43. The van der Waals surface area contributed by atoms with E-state index in [4.69, 9.17) is 21.1 Å². The summed E-state index contributed by atoms with van der Waals surface area (Å²) in [7, 11) is 1.19. The minimum absolute atomic E-state index is 0.111. The minimum atomic E-state index is -1.75. The molecule has 3 aromatic rings. The van der Waals surface area contributed by atoms with Crippen molar-refractivity contribution in [3.05, 3.63) is 70.8 Å². The van der Waals surface area contributed by atoms with E-state index in [1.807, 2.05) is 0 Å². The van der Waals surface area contributed by atoms with Gasteiger partial charge in [-0.2, -0.15) is 0 Å². The van der Waals surface area contributed by atoms with E-state index in [1.54, 1.807) is 38.1 Å². The Morgan fingerprint density at radius 1 is 1.07 bits per heavy atom. The van der Waals surface area contributed by atoms with Crippen LogP contribution in [0.4, 0.5) is 4.39 Å². The number of aromatic nitrogens is 3. The number of carbonyl (C=O) groups is 4. The largest absolute Gasteiger partial charge is 0.469 e. The summed E-state index contributed by atoms with van der Waals surface area (Å²) in [6.07, 6.45) is -1.22. The van der Waals surface area contributed by atoms with Crippen LogP contribution < -0.4 is 5.32 Å². The van der Waals surface area contributed by atoms with Crippen molar-refractivity contribution in [3.8, 4) is 11.1 Å². The first-order valence-electron chi connectivity index (χ1n) is 13.4. The fourth-order valence-electron chi connectivity index (χ4n) is 4.20. The molecule has 2 aromatic carbocycles. The van der Waals surface area contributed by atoms with Gasteiger partial charge in [-0.1, -0.05) is 54.6 Å². The lowest BCUT2D eigenvalue weighted by Gasteiger charge is -2.21. The molecule has 0 saturated heterocycles. The zero-order valence-electron chi connectivity index (χ0n) is 24.1. The van der Waals surface area contributed by atoms with Crippen molar-refractivity contribution in [2.75, 3.05) is 13.9 Å². The topological polar surface area (TPSA) is 179 Å². The summed E-state index contributed by atoms with van der Waals surface area (Å²) in [5, 5.41) is 29.7. The standard InChI is InChI=1S/C29H32ClFN4O9/c1-16(2)21(13-26(37)42-3)28(39)43-15-44-29(40)25(36)12-20(32-27(38)24-14-35(41)34-33-24)10-17-4-6-18(7-5-17)22-11-19(30)8-9-23(22)31/h4-9,11,14,16,20-21,25,36,41H,10,12-13,15H2,1-3H3,(H,32,38)/t20-,21+,25-/m1/s1. The molecule has 3 N–H and O–H groups in total. The fourth-order valence-corrected chi connectivity index (χ4v) is 4.38. The van der Waals surface area contributed by atoms with Gasteiger partial charge in [-0.15, -0.1) is 5.10 Å². The number of ether oxygens (including phenoxy) is 3. The van der Waals surface area contributed by atoms with Crippen LogP contribution in [-0.4, -0.2) is 75.3 Å². The average molecular weight is 635 g/mol. The van der Waals surface area contributed by atoms with Gasteiger partial charge in [-0.25, -0.2) is 9.18 Å². The molecule has 0 spiro atoms. The Labute approximate surface area is 256 Å². The number of nitrogens with one attached hydrogen (secondary N) is 1. The van der Waals surface area contributed by atoms with Crippen molar-refractivity contribution < 1.29 is 48.1 Å². The van der Waals surface area contributed by atoms with Crippen molar-refractivity contribution in [1.29, 1.82) is 0 Å². The number of benzene rings is 2. The number of halogens is 2. The fraction of sp³-hybridized carbons (Fsp3) is 0.379. The van der Waals surface area contributed by atoms with Crippen LogP contribution in [0.15, 0.2) is 48.7 Å². The van der Waals surface area contributed by atoms with E-state index in [0.29, 0.717) is 26.6 Å². The molecule has 236 valence electrons. The maximum absolute atomic E-state index is 14.3. The Morgan fingerprint density at radius 2 is 1.75 bits per heavy atom. The number of aliphatic hydroxyl groups excluding tert-OH is 1. The molecule has 0 fully saturated rings. The molecule has 15 heteroatoms. The lowest BCUT2D eigenvalue weighted by molar-refractivity contribution is -0.178. The molecular weight excluding hydrogens is 603 g/mol. The van der Waals surface area contributed by atoms with Crippen molar-refractivity contribution in [2.24, 2.45) is 11.8 Å². The molecule has 13 nitrogen and oxygen atoms in total. The van der Waals surface area contributed by atoms with Gasteiger partial charge in [0, 0.05) is 23.0 Å². The van der Waals surface area contributed by atoms with Gasteiger partial charge in [-0.05, 0) is 46.9 Å². The normalized spacial score (nSPS) is 13.1. The predicted octanol–water partition coefficient (Wildman–Crippen LogP) is 2.95. The van der Waals surface area contributed by atoms with Crippen LogP contribution in [0.1, 0.15) is 42.7 Å². The number of hydrogen-bond donors (Lipinski definition) is 3. The zero-order chi connectivity index (χ0) is 32.4. The van der Waals surface area contributed by atoms with Crippen LogP contribution in [0, 0.1) is 17.7 Å². The molecule has 3 atom stereocenters. The molecule has 3 rings (SSSR count). The molecule has 0 unspecified atom stereocenters. The second kappa shape index (κ2) is 15.8. The molecule has 0 bridgehead atoms. The lowest BCUT2D eigenvalue weighted by atomic mass is 9.93. The van der Waals surface area contributed by atoms with Crippen LogP contribution in [0.2, 0.25) is 5.02 Å². The predicted molar refractivity (Wildman–Crippen MR) is 152 cm³/mol. The van der Waals surface area contributed by atoms with E-state index < -0.39 is 54.5 Å². The number of carbonyl (C=O) groups excluding carboxylic acids is 4. The van der Waals surface area contributed by atoms with Crippen LogP contribution in [-0.2, 0) is 35.0 Å². The summed E-state index contributed by atoms with van der Waals surface area (Å²) < 4.78 is 28.8. The molecule has 0 aliphatic carbocycles. The van der Waals surface area contributed by atoms with Crippen molar-refractivity contribution in [3.63, 3.8) is 0 Å². The first-order chi connectivity index (χ1) is 20.9. The summed E-state index contributed by atoms with van der Waals surface area (Å²) >= 11 is 6.00. The number of amides is 1. The maximum atomic E-state index is 14.3. The lowest BCUT2D eigenvalue weighted by Crippen LogP contribution is -2.41. The molecule has 44 heavy (non-hydrogen) atoms. The Morgan fingerprint density at radius 3 is 2.36 bits per heavy atom. The first-order valence-corrected chi connectivity index (χ1v) is 13.8. The summed E-state index contributed by atoms with van der Waals surface area (Å²) in [5.41, 5.74) is 1.29. The summed E-state index contributed by atoms with van der Waals surface area (Å²) in [6.45, 7) is 2.61. The molecule has 0 aliphatic rings. The molecule has 1 aromatic heterocycles. The van der Waals surface area contributed by atoms with Gasteiger partial charge in [0.2, 0.25) is 6.79 Å². The van der Waals surface area contributed by atoms with Gasteiger partial charge in [0.1, 0.15) is 5.82 Å². The van der Waals surface area contributed by atoms with Crippen LogP contribution >= 0.6 is 11.6 Å². The van der Waals surface area contributed by atoms with E-state index >= 15 is 0 Å². The van der Waals surface area contributed by atoms with E-state index in [1.165, 1.54) is 25.3 Å². The number of rotatable bonds is 14. The zero-order valence-corrected chi connectivity index (χ0v) is 24.9. The Bertz CT molecular complexity index is 1470. The van der Waals surface area contributed by atoms with E-state index in [9.17, 15) is 33.9 Å². The van der Waals surface area contributed by atoms with Crippen molar-refractivity contribution >= 4 is 35.4 Å². The summed E-state index contributed by atoms with van der Waals surface area (Å²) in [4.78, 5) is 49.5. The highest BCUT2D eigenvalue weighted by Gasteiger charge is 2.29. The molecular formula is C29H32ClFN4O9. The van der Waals surface area contributed by atoms with Crippen LogP contribution in [0.3, 0.4) is 0 Å². The first kappa shape index (κ1) is 33.9. The van der Waals surface area contributed by atoms with Gasteiger partial charge in [0.25, 0.3) is 5.91 Å². The van der Waals surface area contributed by atoms with Gasteiger partial charge in [0.05, 0.1) is 25.6 Å². The number of hydrogen-bond acceptors (Lipinski definition) is 11. The number of aliphatic hydroxyl groups is 1. The minimum Gasteiger partial charge on any atom is -0.469 e. The highest BCUT2D eigenvalue weighted by Crippen LogP contribution is 2.27. The maximum Gasteiger partial charge on any atom is 0.337 e. The quantitative estimate of drug-likeness (QED) is 0.135. The Kier molecular flexibility index (Phi) is 12.2. The molecule has 0 radical (unpaired) electrons. The van der Waals surface area contributed by atoms with Gasteiger partial charge >= 0.3 is 17.9 Å². The Hall–Kier alpha value is -4.56. The highest BCUT2D eigenvalue weighted by molar-refractivity contribution is 6.30. The summed E-state index contributed by atoms with van der Waals surface area (Å²) in [5.74, 6) is -4.81. The third kappa shape index (κ3) is 9.74. The second-order valence-corrected chi connectivity index (χ2v) is 10.6. The third-order valence-electron chi connectivity index (χ3n) is 6.63. The number of methoxy groups -OCH3 is 1. The van der Waals surface area contributed by atoms with Crippen molar-refractivity contribution in [2.45, 2.75) is 45.3 Å². The number of nitrogens with zero attached hydrogens (tertiary/aromatic N) is 3. The third-order valence-corrected chi connectivity index (χ3v) is 6.86. The van der Waals surface area contributed by atoms with Gasteiger partial charge in [-0.3, -0.25) is 14.4 Å². The van der Waals surface area contributed by atoms with Crippen LogP contribution in [0.25, 0.3) is 11.1 Å². The molecule has 0 aliphatic heterocycles.